The monoisotopic (exact) mass is 277 g/mol. The molecule has 0 aliphatic heterocycles. The zero-order valence-corrected chi connectivity index (χ0v) is 11.3. The summed E-state index contributed by atoms with van der Waals surface area (Å²) in [4.78, 5) is 4.55. The van der Waals surface area contributed by atoms with Crippen molar-refractivity contribution in [3.8, 4) is 0 Å². The van der Waals surface area contributed by atoms with Gasteiger partial charge in [-0.15, -0.1) is 0 Å². The summed E-state index contributed by atoms with van der Waals surface area (Å²) < 4.78 is 0. The van der Waals surface area contributed by atoms with Crippen LogP contribution in [0.15, 0.2) is 36.5 Å². The van der Waals surface area contributed by atoms with Crippen molar-refractivity contribution in [2.24, 2.45) is 5.73 Å². The lowest BCUT2D eigenvalue weighted by molar-refractivity contribution is 1.28. The zero-order valence-electron chi connectivity index (χ0n) is 9.77. The summed E-state index contributed by atoms with van der Waals surface area (Å²) in [5, 5.41) is 3.90. The highest BCUT2D eigenvalue weighted by atomic mass is 35.5. The summed E-state index contributed by atoms with van der Waals surface area (Å²) in [7, 11) is 0. The Balaban J connectivity index is 2.40. The number of pyridine rings is 1. The summed E-state index contributed by atoms with van der Waals surface area (Å²) in [6.07, 6.45) is 1.68. The van der Waals surface area contributed by atoms with E-state index < -0.39 is 0 Å². The average molecular weight is 278 g/mol. The van der Waals surface area contributed by atoms with Crippen LogP contribution in [0.5, 0.6) is 0 Å². The van der Waals surface area contributed by atoms with Gasteiger partial charge in [0.2, 0.25) is 0 Å². The van der Waals surface area contributed by atoms with Crippen LogP contribution in [0.3, 0.4) is 0 Å². The summed E-state index contributed by atoms with van der Waals surface area (Å²) in [5.74, 6) is 0.635. The molecule has 0 bridgehead atoms. The van der Waals surface area contributed by atoms with Crippen LogP contribution in [0.25, 0.3) is 0 Å². The molecule has 0 aliphatic rings. The second-order valence-electron chi connectivity index (χ2n) is 3.80. The highest BCUT2D eigenvalue weighted by Gasteiger charge is 2.08. The van der Waals surface area contributed by atoms with Crippen molar-refractivity contribution in [1.82, 2.24) is 4.98 Å². The van der Waals surface area contributed by atoms with Gasteiger partial charge < -0.3 is 11.1 Å². The lowest BCUT2D eigenvalue weighted by Gasteiger charge is -2.12. The van der Waals surface area contributed by atoms with Gasteiger partial charge in [0.15, 0.2) is 0 Å². The molecular weight excluding hydrogens is 266 g/mol. The zero-order chi connectivity index (χ0) is 13.1. The van der Waals surface area contributed by atoms with Crippen LogP contribution < -0.4 is 11.1 Å². The van der Waals surface area contributed by atoms with E-state index >= 15 is 0 Å². The Hall–Kier alpha value is -1.65. The molecule has 0 saturated heterocycles. The van der Waals surface area contributed by atoms with Crippen LogP contribution in [-0.4, -0.2) is 9.97 Å². The van der Waals surface area contributed by atoms with E-state index in [4.69, 9.17) is 29.6 Å². The molecule has 1 heterocycles. The smallest absolute Gasteiger partial charge is 0.140 e. The first kappa shape index (κ1) is 12.8. The number of aromatic nitrogens is 1. The van der Waals surface area contributed by atoms with E-state index in [1.165, 1.54) is 0 Å². The van der Waals surface area contributed by atoms with Crippen LogP contribution in [0.2, 0.25) is 5.02 Å². The lowest BCUT2D eigenvalue weighted by atomic mass is 10.2. The summed E-state index contributed by atoms with van der Waals surface area (Å²) in [6.45, 7) is 1.94. The minimum atomic E-state index is 0.310. The predicted octanol–water partition coefficient (Wildman–Crippen LogP) is 3.42. The number of nitrogens with two attached hydrogens (primary N) is 1. The van der Waals surface area contributed by atoms with Crippen molar-refractivity contribution >= 4 is 40.3 Å². The van der Waals surface area contributed by atoms with E-state index in [1.807, 2.05) is 31.2 Å². The summed E-state index contributed by atoms with van der Waals surface area (Å²) >= 11 is 11.1. The number of thiocarbonyl (C=S) groups is 1. The third-order valence-corrected chi connectivity index (χ3v) is 3.22. The molecule has 5 heteroatoms. The van der Waals surface area contributed by atoms with Gasteiger partial charge in [-0.25, -0.2) is 4.98 Å². The molecule has 0 saturated carbocycles. The van der Waals surface area contributed by atoms with Gasteiger partial charge >= 0.3 is 0 Å². The fourth-order valence-corrected chi connectivity index (χ4v) is 1.91. The van der Waals surface area contributed by atoms with Crippen molar-refractivity contribution in [3.63, 3.8) is 0 Å². The number of hydrogen-bond donors (Lipinski definition) is 2. The van der Waals surface area contributed by atoms with Crippen LogP contribution >= 0.6 is 23.8 Å². The first-order chi connectivity index (χ1) is 8.59. The third kappa shape index (κ3) is 2.60. The molecule has 2 aromatic rings. The molecule has 0 unspecified atom stereocenters. The van der Waals surface area contributed by atoms with Gasteiger partial charge in [0.05, 0.1) is 5.56 Å². The second-order valence-corrected chi connectivity index (χ2v) is 4.65. The summed E-state index contributed by atoms with van der Waals surface area (Å²) in [6, 6.07) is 9.28. The van der Waals surface area contributed by atoms with Crippen molar-refractivity contribution in [3.05, 3.63) is 52.7 Å². The van der Waals surface area contributed by atoms with E-state index in [1.54, 1.807) is 12.3 Å². The Morgan fingerprint density at radius 2 is 2.11 bits per heavy atom. The molecule has 0 radical (unpaired) electrons. The van der Waals surface area contributed by atoms with E-state index in [9.17, 15) is 0 Å². The van der Waals surface area contributed by atoms with Crippen molar-refractivity contribution in [1.29, 1.82) is 0 Å². The molecule has 18 heavy (non-hydrogen) atoms. The molecule has 0 atom stereocenters. The number of nitrogens with zero attached hydrogens (tertiary/aromatic N) is 1. The Morgan fingerprint density at radius 3 is 2.83 bits per heavy atom. The van der Waals surface area contributed by atoms with Gasteiger partial charge in [-0.3, -0.25) is 0 Å². The fourth-order valence-electron chi connectivity index (χ4n) is 1.57. The SMILES string of the molecule is Cc1c(Cl)cccc1Nc1ncccc1C(N)=S. The first-order valence-corrected chi connectivity index (χ1v) is 6.15. The molecular formula is C13H12ClN3S. The number of anilines is 2. The molecule has 1 aromatic heterocycles. The van der Waals surface area contributed by atoms with Crippen LogP contribution in [0, 0.1) is 6.92 Å². The quantitative estimate of drug-likeness (QED) is 0.844. The van der Waals surface area contributed by atoms with Gasteiger partial charge in [0, 0.05) is 16.9 Å². The Morgan fingerprint density at radius 1 is 1.33 bits per heavy atom. The topological polar surface area (TPSA) is 50.9 Å². The summed E-state index contributed by atoms with van der Waals surface area (Å²) in [5.41, 5.74) is 8.22. The molecule has 0 spiro atoms. The molecule has 3 N–H and O–H groups in total. The van der Waals surface area contributed by atoms with Gasteiger partial charge in [-0.05, 0) is 36.8 Å². The minimum absolute atomic E-state index is 0.310. The van der Waals surface area contributed by atoms with Crippen LogP contribution in [0.4, 0.5) is 11.5 Å². The third-order valence-electron chi connectivity index (χ3n) is 2.59. The maximum atomic E-state index is 6.07. The maximum absolute atomic E-state index is 6.07. The van der Waals surface area contributed by atoms with E-state index in [-0.39, 0.29) is 0 Å². The normalized spacial score (nSPS) is 10.1. The number of hydrogen-bond acceptors (Lipinski definition) is 3. The van der Waals surface area contributed by atoms with Gasteiger partial charge in [0.1, 0.15) is 10.8 Å². The maximum Gasteiger partial charge on any atom is 0.140 e. The van der Waals surface area contributed by atoms with E-state index in [0.29, 0.717) is 21.4 Å². The Kier molecular flexibility index (Phi) is 3.79. The van der Waals surface area contributed by atoms with Gasteiger partial charge in [-0.2, -0.15) is 0 Å². The highest BCUT2D eigenvalue weighted by molar-refractivity contribution is 7.80. The second kappa shape index (κ2) is 5.33. The largest absolute Gasteiger partial charge is 0.389 e. The van der Waals surface area contributed by atoms with Crippen molar-refractivity contribution in [2.75, 3.05) is 5.32 Å². The van der Waals surface area contributed by atoms with Gasteiger partial charge in [-0.1, -0.05) is 29.9 Å². The van der Waals surface area contributed by atoms with Crippen LogP contribution in [-0.2, 0) is 0 Å². The highest BCUT2D eigenvalue weighted by Crippen LogP contribution is 2.26. The van der Waals surface area contributed by atoms with E-state index in [0.717, 1.165) is 11.3 Å². The molecule has 3 nitrogen and oxygen atoms in total. The first-order valence-electron chi connectivity index (χ1n) is 5.36. The molecule has 92 valence electrons. The molecule has 2 rings (SSSR count). The van der Waals surface area contributed by atoms with Crippen molar-refractivity contribution in [2.45, 2.75) is 6.92 Å². The Bertz CT molecular complexity index is 599. The predicted molar refractivity (Wildman–Crippen MR) is 79.6 cm³/mol. The average Bonchev–Trinajstić information content (AvgIpc) is 2.35. The van der Waals surface area contributed by atoms with Crippen LogP contribution in [0.1, 0.15) is 11.1 Å². The number of halogens is 1. The number of rotatable bonds is 3. The van der Waals surface area contributed by atoms with Gasteiger partial charge in [0.25, 0.3) is 0 Å². The molecule has 1 aromatic carbocycles. The van der Waals surface area contributed by atoms with E-state index in [2.05, 4.69) is 10.3 Å². The number of nitrogens with one attached hydrogen (secondary N) is 1. The molecule has 0 amide bonds. The van der Waals surface area contributed by atoms with Crippen molar-refractivity contribution < 1.29 is 0 Å². The number of benzene rings is 1. The fraction of sp³-hybridized carbons (Fsp3) is 0.0769. The minimum Gasteiger partial charge on any atom is -0.389 e. The Labute approximate surface area is 116 Å². The lowest BCUT2D eigenvalue weighted by Crippen LogP contribution is -2.13. The molecule has 0 fully saturated rings. The molecule has 0 aliphatic carbocycles. The standard InChI is InChI=1S/C13H12ClN3S/c1-8-10(14)5-2-6-11(8)17-13-9(12(15)18)4-3-7-16-13/h2-7H,1H3,(H2,15,18)(H,16,17).